The summed E-state index contributed by atoms with van der Waals surface area (Å²) in [4.78, 5) is 0. The largest absolute Gasteiger partial charge is 0.416 e. The van der Waals surface area contributed by atoms with E-state index in [0.717, 1.165) is 19.4 Å². The summed E-state index contributed by atoms with van der Waals surface area (Å²) in [6.45, 7) is 14.8. The molecular weight excluding hydrogens is 260 g/mol. The van der Waals surface area contributed by atoms with Crippen LogP contribution in [0.2, 0.25) is 10.1 Å². The molecule has 0 atom stereocenters. The Morgan fingerprint density at radius 3 is 1.90 bits per heavy atom. The summed E-state index contributed by atoms with van der Waals surface area (Å²) in [6, 6.07) is 10.7. The summed E-state index contributed by atoms with van der Waals surface area (Å²) in [7, 11) is -0.820. The molecule has 0 spiro atoms. The Hall–Kier alpha value is -0.603. The van der Waals surface area contributed by atoms with Crippen LogP contribution in [0.25, 0.3) is 0 Å². The van der Waals surface area contributed by atoms with Gasteiger partial charge in [-0.2, -0.15) is 0 Å². The molecule has 1 aromatic carbocycles. The van der Waals surface area contributed by atoms with Crippen molar-refractivity contribution < 1.29 is 4.43 Å². The van der Waals surface area contributed by atoms with E-state index in [1.807, 2.05) is 0 Å². The maximum Gasteiger partial charge on any atom is 0.222 e. The second kappa shape index (κ2) is 7.42. The Kier molecular flexibility index (Phi) is 6.47. The number of hydrogen-bond acceptors (Lipinski definition) is 1. The maximum absolute atomic E-state index is 6.31. The third-order valence-electron chi connectivity index (χ3n) is 3.31. The molecule has 0 saturated heterocycles. The Bertz CT molecular complexity index is 359. The molecule has 0 unspecified atom stereocenters. The molecule has 1 aromatic rings. The van der Waals surface area contributed by atoms with Crippen LogP contribution in [-0.2, 0) is 10.8 Å². The molecule has 0 saturated carbocycles. The summed E-state index contributed by atoms with van der Waals surface area (Å²) < 4.78 is 6.31. The summed E-state index contributed by atoms with van der Waals surface area (Å²) in [5.41, 5.74) is 1.43. The summed E-state index contributed by atoms with van der Waals surface area (Å²) >= 11 is 0. The zero-order valence-corrected chi connectivity index (χ0v) is 15.1. The highest BCUT2D eigenvalue weighted by atomic mass is 28.3. The molecule has 0 aliphatic heterocycles. The van der Waals surface area contributed by atoms with E-state index in [-0.39, 0.29) is 0 Å². The van der Waals surface area contributed by atoms with Gasteiger partial charge in [0.2, 0.25) is 9.04 Å². The van der Waals surface area contributed by atoms with Crippen molar-refractivity contribution in [3.05, 3.63) is 35.9 Å². The molecule has 0 heterocycles. The van der Waals surface area contributed by atoms with E-state index in [9.17, 15) is 0 Å². The first-order chi connectivity index (χ1) is 9.21. The van der Waals surface area contributed by atoms with Gasteiger partial charge < -0.3 is 4.43 Å². The van der Waals surface area contributed by atoms with Gasteiger partial charge in [0, 0.05) is 6.61 Å². The predicted molar refractivity (Wildman–Crippen MR) is 90.5 cm³/mol. The first-order valence-electron chi connectivity index (χ1n) is 7.76. The van der Waals surface area contributed by atoms with Gasteiger partial charge in [-0.1, -0.05) is 71.9 Å². The molecule has 0 N–H and O–H groups in total. The van der Waals surface area contributed by atoms with E-state index in [0.29, 0.717) is 10.1 Å². The fourth-order valence-corrected chi connectivity index (χ4v) is 6.27. The summed E-state index contributed by atoms with van der Waals surface area (Å²) in [5, 5.41) is 0.588. The van der Waals surface area contributed by atoms with Crippen molar-refractivity contribution in [3.8, 4) is 0 Å². The van der Waals surface area contributed by atoms with Crippen LogP contribution in [0.4, 0.5) is 0 Å². The van der Waals surface area contributed by atoms with Crippen LogP contribution in [-0.4, -0.2) is 15.6 Å². The normalized spacial score (nSPS) is 12.9. The van der Waals surface area contributed by atoms with E-state index in [2.05, 4.69) is 71.9 Å². The average molecular weight is 292 g/mol. The van der Waals surface area contributed by atoms with E-state index in [1.54, 1.807) is 0 Å². The van der Waals surface area contributed by atoms with Crippen molar-refractivity contribution in [2.75, 3.05) is 6.61 Å². The van der Waals surface area contributed by atoms with Crippen molar-refractivity contribution >= 4 is 9.04 Å². The Morgan fingerprint density at radius 2 is 1.40 bits per heavy atom. The molecule has 0 fully saturated rings. The van der Waals surface area contributed by atoms with Crippen molar-refractivity contribution in [1.29, 1.82) is 0 Å². The third-order valence-corrected chi connectivity index (χ3v) is 6.53. The Balaban J connectivity index is 2.32. The molecule has 1 rings (SSSR count). The Labute approximate surface area is 127 Å². The van der Waals surface area contributed by atoms with Crippen LogP contribution in [0.1, 0.15) is 59.9 Å². The summed E-state index contributed by atoms with van der Waals surface area (Å²) in [6.07, 6.45) is 3.54. The fraction of sp³-hybridized carbons (Fsp3) is 0.667. The molecule has 0 aliphatic rings. The van der Waals surface area contributed by atoms with Crippen LogP contribution >= 0.6 is 0 Å². The molecular formula is C18H31OSi. The molecule has 1 nitrogen and oxygen atoms in total. The second-order valence-electron chi connectivity index (χ2n) is 7.62. The van der Waals surface area contributed by atoms with Crippen LogP contribution in [0.15, 0.2) is 30.3 Å². The molecule has 0 aliphatic carbocycles. The lowest BCUT2D eigenvalue weighted by molar-refractivity contribution is 0.274. The SMILES string of the molecule is CC(C)(C)[Si](OCCCCc1ccccc1)C(C)(C)C. The number of aryl methyl sites for hydroxylation is 1. The molecule has 1 radical (unpaired) electrons. The minimum atomic E-state index is -0.820. The highest BCUT2D eigenvalue weighted by Crippen LogP contribution is 2.42. The molecule has 113 valence electrons. The number of rotatable bonds is 6. The zero-order valence-electron chi connectivity index (χ0n) is 14.1. The van der Waals surface area contributed by atoms with Gasteiger partial charge in [-0.05, 0) is 34.9 Å². The molecule has 2 heteroatoms. The van der Waals surface area contributed by atoms with Crippen molar-refractivity contribution in [1.82, 2.24) is 0 Å². The first-order valence-corrected chi connectivity index (χ1v) is 9.17. The predicted octanol–water partition coefficient (Wildman–Crippen LogP) is 5.62. The van der Waals surface area contributed by atoms with Gasteiger partial charge in [0.25, 0.3) is 0 Å². The topological polar surface area (TPSA) is 9.23 Å². The average Bonchev–Trinajstić information content (AvgIpc) is 2.31. The van der Waals surface area contributed by atoms with Gasteiger partial charge in [0.15, 0.2) is 0 Å². The second-order valence-corrected chi connectivity index (χ2v) is 11.6. The van der Waals surface area contributed by atoms with Crippen molar-refractivity contribution in [2.24, 2.45) is 0 Å². The van der Waals surface area contributed by atoms with E-state index >= 15 is 0 Å². The van der Waals surface area contributed by atoms with Gasteiger partial charge in [-0.15, -0.1) is 0 Å². The van der Waals surface area contributed by atoms with E-state index in [1.165, 1.54) is 12.0 Å². The van der Waals surface area contributed by atoms with Crippen LogP contribution in [0.3, 0.4) is 0 Å². The van der Waals surface area contributed by atoms with Gasteiger partial charge in [-0.3, -0.25) is 0 Å². The number of benzene rings is 1. The molecule has 0 aromatic heterocycles. The zero-order chi connectivity index (χ0) is 15.2. The molecule has 0 bridgehead atoms. The van der Waals surface area contributed by atoms with Crippen LogP contribution < -0.4 is 0 Å². The quantitative estimate of drug-likeness (QED) is 0.488. The van der Waals surface area contributed by atoms with Crippen LogP contribution in [0.5, 0.6) is 0 Å². The van der Waals surface area contributed by atoms with Gasteiger partial charge in [-0.25, -0.2) is 0 Å². The third kappa shape index (κ3) is 6.23. The monoisotopic (exact) mass is 291 g/mol. The van der Waals surface area contributed by atoms with Crippen LogP contribution in [0, 0.1) is 0 Å². The molecule has 0 amide bonds. The standard InChI is InChI=1S/C18H31OSi/c1-17(2,3)20(18(4,5)6)19-15-11-10-14-16-12-8-7-9-13-16/h7-9,12-13H,10-11,14-15H2,1-6H3. The highest BCUT2D eigenvalue weighted by molar-refractivity contribution is 6.58. The molecule has 20 heavy (non-hydrogen) atoms. The number of unbranched alkanes of at least 4 members (excludes halogenated alkanes) is 1. The lowest BCUT2D eigenvalue weighted by Crippen LogP contribution is -2.38. The minimum Gasteiger partial charge on any atom is -0.416 e. The fourth-order valence-electron chi connectivity index (χ4n) is 2.81. The minimum absolute atomic E-state index is 0.294. The highest BCUT2D eigenvalue weighted by Gasteiger charge is 2.39. The smallest absolute Gasteiger partial charge is 0.222 e. The van der Waals surface area contributed by atoms with E-state index in [4.69, 9.17) is 4.43 Å². The van der Waals surface area contributed by atoms with Crippen molar-refractivity contribution in [3.63, 3.8) is 0 Å². The Morgan fingerprint density at radius 1 is 0.850 bits per heavy atom. The lowest BCUT2D eigenvalue weighted by atomic mass is 10.1. The number of hydrogen-bond donors (Lipinski definition) is 0. The summed E-state index contributed by atoms with van der Waals surface area (Å²) in [5.74, 6) is 0. The van der Waals surface area contributed by atoms with Gasteiger partial charge in [0.1, 0.15) is 0 Å². The van der Waals surface area contributed by atoms with E-state index < -0.39 is 9.04 Å². The van der Waals surface area contributed by atoms with Crippen molar-refractivity contribution in [2.45, 2.75) is 70.9 Å². The maximum atomic E-state index is 6.31. The first kappa shape index (κ1) is 17.4. The van der Waals surface area contributed by atoms with Gasteiger partial charge >= 0.3 is 0 Å². The van der Waals surface area contributed by atoms with Gasteiger partial charge in [0.05, 0.1) is 0 Å². The lowest BCUT2D eigenvalue weighted by Gasteiger charge is -2.37.